The van der Waals surface area contributed by atoms with E-state index in [1.54, 1.807) is 19.1 Å². The fraction of sp³-hybridized carbons (Fsp3) is 0.345. The first-order valence-electron chi connectivity index (χ1n) is 10.8. The number of carbonyl (C=O) groups excluding carboxylic acids is 1. The number of hydrogen-bond donors (Lipinski definition) is 1. The average Bonchev–Trinajstić information content (AvgIpc) is 2.63. The monoisotopic (exact) mass is 418 g/mol. The third kappa shape index (κ3) is 10.6. The third-order valence-electron chi connectivity index (χ3n) is 5.15. The molecule has 0 unspecified atom stereocenters. The van der Waals surface area contributed by atoms with Gasteiger partial charge in [-0.3, -0.25) is 4.79 Å². The Morgan fingerprint density at radius 1 is 0.871 bits per heavy atom. The van der Waals surface area contributed by atoms with Crippen molar-refractivity contribution in [2.45, 2.75) is 54.9 Å². The first-order chi connectivity index (χ1) is 14.5. The Morgan fingerprint density at radius 2 is 1.35 bits per heavy atom. The van der Waals surface area contributed by atoms with Gasteiger partial charge in [-0.1, -0.05) is 103 Å². The highest BCUT2D eigenvalue weighted by Crippen LogP contribution is 2.40. The average molecular weight is 419 g/mol. The molecule has 2 heteroatoms. The zero-order chi connectivity index (χ0) is 23.4. The molecule has 0 spiro atoms. The molecule has 0 bridgehead atoms. The van der Waals surface area contributed by atoms with E-state index in [4.69, 9.17) is 5.11 Å². The number of allylic oxidation sites excluding steroid dienone is 18. The summed E-state index contributed by atoms with van der Waals surface area (Å²) in [5.41, 5.74) is 4.56. The van der Waals surface area contributed by atoms with Crippen LogP contribution in [0.2, 0.25) is 0 Å². The summed E-state index contributed by atoms with van der Waals surface area (Å²) in [6.45, 7) is 14.2. The molecular formula is C29H38O2. The van der Waals surface area contributed by atoms with E-state index in [0.29, 0.717) is 18.1 Å². The summed E-state index contributed by atoms with van der Waals surface area (Å²) in [6, 6.07) is 0. The quantitative estimate of drug-likeness (QED) is 0.319. The first kappa shape index (κ1) is 26.2. The molecule has 0 aromatic rings. The molecule has 0 aromatic carbocycles. The van der Waals surface area contributed by atoms with E-state index in [9.17, 15) is 4.79 Å². The van der Waals surface area contributed by atoms with Crippen molar-refractivity contribution in [3.8, 4) is 0 Å². The van der Waals surface area contributed by atoms with Crippen molar-refractivity contribution < 1.29 is 9.90 Å². The van der Waals surface area contributed by atoms with Crippen molar-refractivity contribution >= 4 is 5.78 Å². The van der Waals surface area contributed by atoms with Crippen LogP contribution in [0.4, 0.5) is 0 Å². The number of aliphatic hydroxyl groups excluding tert-OH is 1. The van der Waals surface area contributed by atoms with Crippen LogP contribution in [0.25, 0.3) is 0 Å². The van der Waals surface area contributed by atoms with E-state index in [0.717, 1.165) is 16.7 Å². The second kappa shape index (κ2) is 12.7. The molecule has 0 radical (unpaired) electrons. The maximum Gasteiger partial charge on any atom is 0.156 e. The molecule has 2 nitrogen and oxygen atoms in total. The Morgan fingerprint density at radius 3 is 1.87 bits per heavy atom. The summed E-state index contributed by atoms with van der Waals surface area (Å²) in [5.74, 6) is 0.819. The molecule has 1 N–H and O–H groups in total. The van der Waals surface area contributed by atoms with Crippen LogP contribution in [-0.4, -0.2) is 10.9 Å². The van der Waals surface area contributed by atoms with Crippen LogP contribution in [0.1, 0.15) is 54.9 Å². The van der Waals surface area contributed by atoms with Gasteiger partial charge in [0.25, 0.3) is 0 Å². The predicted octanol–water partition coefficient (Wildman–Crippen LogP) is 8.07. The van der Waals surface area contributed by atoms with Gasteiger partial charge in [-0.05, 0) is 52.2 Å². The largest absolute Gasteiger partial charge is 0.513 e. The molecule has 0 aliphatic heterocycles. The maximum atomic E-state index is 11.8. The van der Waals surface area contributed by atoms with E-state index in [-0.39, 0.29) is 11.2 Å². The molecule has 1 atom stereocenters. The predicted molar refractivity (Wildman–Crippen MR) is 135 cm³/mol. The minimum Gasteiger partial charge on any atom is -0.513 e. The lowest BCUT2D eigenvalue weighted by atomic mass is 9.68. The molecule has 31 heavy (non-hydrogen) atoms. The highest BCUT2D eigenvalue weighted by molar-refractivity contribution is 5.92. The Labute approximate surface area is 189 Å². The van der Waals surface area contributed by atoms with Crippen LogP contribution in [0.5, 0.6) is 0 Å². The van der Waals surface area contributed by atoms with Crippen LogP contribution >= 0.6 is 0 Å². The Bertz CT molecular complexity index is 902. The number of hydrogen-bond acceptors (Lipinski definition) is 2. The summed E-state index contributed by atoms with van der Waals surface area (Å²) in [5, 5.41) is 9.12. The lowest BCUT2D eigenvalue weighted by molar-refractivity contribution is -0.117. The molecule has 1 aliphatic carbocycles. The van der Waals surface area contributed by atoms with Gasteiger partial charge in [0.15, 0.2) is 5.78 Å². The molecule has 166 valence electrons. The topological polar surface area (TPSA) is 37.3 Å². The molecule has 1 rings (SSSR count). The highest BCUT2D eigenvalue weighted by atomic mass is 16.3. The van der Waals surface area contributed by atoms with Crippen molar-refractivity contribution in [1.82, 2.24) is 0 Å². The second-order valence-corrected chi connectivity index (χ2v) is 9.00. The minimum atomic E-state index is -0.0364. The summed E-state index contributed by atoms with van der Waals surface area (Å²) < 4.78 is 0. The van der Waals surface area contributed by atoms with E-state index in [1.807, 2.05) is 37.3 Å². The van der Waals surface area contributed by atoms with Crippen molar-refractivity contribution in [3.63, 3.8) is 0 Å². The van der Waals surface area contributed by atoms with Gasteiger partial charge in [-0.15, -0.1) is 0 Å². The SMILES string of the molecule is CC1=CC(=O)CC(C)(C)[C@@H]1/C=C/C(C)=C/C=C/C(C)=C/C=C/C=C(C)/C=C/C=C(\C)O. The number of rotatable bonds is 8. The molecule has 0 saturated heterocycles. The zero-order valence-electron chi connectivity index (χ0n) is 20.1. The smallest absolute Gasteiger partial charge is 0.156 e. The van der Waals surface area contributed by atoms with E-state index in [1.165, 1.54) is 5.57 Å². The fourth-order valence-electron chi connectivity index (χ4n) is 3.50. The zero-order valence-corrected chi connectivity index (χ0v) is 20.1. The van der Waals surface area contributed by atoms with Gasteiger partial charge < -0.3 is 5.11 Å². The lowest BCUT2D eigenvalue weighted by Crippen LogP contribution is -2.30. The number of carbonyl (C=O) groups is 1. The van der Waals surface area contributed by atoms with Gasteiger partial charge in [0, 0.05) is 12.3 Å². The molecule has 1 aliphatic rings. The lowest BCUT2D eigenvalue weighted by Gasteiger charge is -2.35. The second-order valence-electron chi connectivity index (χ2n) is 9.00. The van der Waals surface area contributed by atoms with Gasteiger partial charge in [-0.25, -0.2) is 0 Å². The molecule has 0 heterocycles. The summed E-state index contributed by atoms with van der Waals surface area (Å²) in [4.78, 5) is 11.8. The van der Waals surface area contributed by atoms with Gasteiger partial charge in [0.05, 0.1) is 5.76 Å². The van der Waals surface area contributed by atoms with Crippen LogP contribution < -0.4 is 0 Å². The van der Waals surface area contributed by atoms with Crippen LogP contribution in [0.3, 0.4) is 0 Å². The van der Waals surface area contributed by atoms with Gasteiger partial charge >= 0.3 is 0 Å². The molecule has 0 aromatic heterocycles. The Kier molecular flexibility index (Phi) is 10.8. The fourth-order valence-corrected chi connectivity index (χ4v) is 3.50. The standard InChI is InChI=1S/C29H38O2/c1-22(12-8-9-13-23(2)16-11-17-26(5)30)14-10-15-24(3)18-19-28-25(4)20-27(31)21-29(28,6)7/h8-20,28,30H,21H2,1-7H3/b9-8+,14-10+,16-11+,19-18+,22-12+,23-13+,24-15+,26-17+/t28-/m1/s1. The molecule has 0 fully saturated rings. The van der Waals surface area contributed by atoms with Gasteiger partial charge in [-0.2, -0.15) is 0 Å². The van der Waals surface area contributed by atoms with E-state index < -0.39 is 0 Å². The summed E-state index contributed by atoms with van der Waals surface area (Å²) in [7, 11) is 0. The van der Waals surface area contributed by atoms with Crippen molar-refractivity contribution in [3.05, 3.63) is 107 Å². The van der Waals surface area contributed by atoms with Crippen LogP contribution in [0.15, 0.2) is 107 Å². The molecule has 0 amide bonds. The summed E-state index contributed by atoms with van der Waals surface area (Å²) in [6.07, 6.45) is 26.6. The number of aliphatic hydroxyl groups is 1. The first-order valence-corrected chi connectivity index (χ1v) is 10.8. The number of ketones is 1. The maximum absolute atomic E-state index is 11.8. The third-order valence-corrected chi connectivity index (χ3v) is 5.15. The van der Waals surface area contributed by atoms with Crippen LogP contribution in [-0.2, 0) is 4.79 Å². The van der Waals surface area contributed by atoms with Gasteiger partial charge in [0.2, 0.25) is 0 Å². The minimum absolute atomic E-state index is 0.0364. The van der Waals surface area contributed by atoms with Crippen LogP contribution in [0, 0.1) is 11.3 Å². The Balaban J connectivity index is 2.67. The normalized spacial score (nSPS) is 21.8. The van der Waals surface area contributed by atoms with Crippen molar-refractivity contribution in [2.75, 3.05) is 0 Å². The molecule has 0 saturated carbocycles. The molecular weight excluding hydrogens is 380 g/mol. The van der Waals surface area contributed by atoms with E-state index in [2.05, 4.69) is 71.1 Å². The highest BCUT2D eigenvalue weighted by Gasteiger charge is 2.34. The van der Waals surface area contributed by atoms with Crippen molar-refractivity contribution in [1.29, 1.82) is 0 Å². The van der Waals surface area contributed by atoms with Crippen molar-refractivity contribution in [2.24, 2.45) is 11.3 Å². The van der Waals surface area contributed by atoms with Gasteiger partial charge in [0.1, 0.15) is 0 Å². The summed E-state index contributed by atoms with van der Waals surface area (Å²) >= 11 is 0. The Hall–Kier alpha value is -2.87. The van der Waals surface area contributed by atoms with E-state index >= 15 is 0 Å².